The summed E-state index contributed by atoms with van der Waals surface area (Å²) in [6.07, 6.45) is 3.20. The van der Waals surface area contributed by atoms with Crippen molar-refractivity contribution >= 4 is 5.91 Å². The maximum absolute atomic E-state index is 12.1. The van der Waals surface area contributed by atoms with Crippen LogP contribution in [0.3, 0.4) is 0 Å². The lowest BCUT2D eigenvalue weighted by Crippen LogP contribution is -2.54. The average molecular weight is 225 g/mol. The first-order chi connectivity index (χ1) is 7.58. The molecule has 1 saturated heterocycles. The number of rotatable bonds is 2. The summed E-state index contributed by atoms with van der Waals surface area (Å²) in [5.74, 6) is 1.93. The minimum atomic E-state index is -0.163. The average Bonchev–Trinajstić information content (AvgIpc) is 2.15. The van der Waals surface area contributed by atoms with Crippen molar-refractivity contribution in [2.24, 2.45) is 17.8 Å². The standard InChI is InChI=1S/C13H23NO2/c1-9(2)11-7-14(8-11)13(16)10-3-5-12(15)6-4-10/h9-12,15H,3-8H2,1-2H3. The van der Waals surface area contributed by atoms with Crippen LogP contribution in [0.4, 0.5) is 0 Å². The number of hydrogen-bond donors (Lipinski definition) is 1. The first kappa shape index (κ1) is 11.9. The SMILES string of the molecule is CC(C)C1CN(C(=O)C2CCC(O)CC2)C1. The molecule has 0 unspecified atom stereocenters. The molecule has 0 aromatic heterocycles. The van der Waals surface area contributed by atoms with Crippen molar-refractivity contribution in [1.82, 2.24) is 4.90 Å². The van der Waals surface area contributed by atoms with Crippen molar-refractivity contribution in [1.29, 1.82) is 0 Å². The molecule has 0 aromatic carbocycles. The minimum Gasteiger partial charge on any atom is -0.393 e. The van der Waals surface area contributed by atoms with E-state index in [1.54, 1.807) is 0 Å². The Morgan fingerprint density at radius 3 is 2.25 bits per heavy atom. The molecule has 0 aromatic rings. The second-order valence-electron chi connectivity index (χ2n) is 5.75. The third kappa shape index (κ3) is 2.40. The van der Waals surface area contributed by atoms with Crippen LogP contribution in [0.25, 0.3) is 0 Å². The Kier molecular flexibility index (Phi) is 3.53. The molecule has 92 valence electrons. The van der Waals surface area contributed by atoms with Crippen LogP contribution in [-0.4, -0.2) is 35.1 Å². The van der Waals surface area contributed by atoms with E-state index in [2.05, 4.69) is 13.8 Å². The fourth-order valence-corrected chi connectivity index (χ4v) is 2.70. The maximum atomic E-state index is 12.1. The molecular formula is C13H23NO2. The van der Waals surface area contributed by atoms with Crippen molar-refractivity contribution < 1.29 is 9.90 Å². The summed E-state index contributed by atoms with van der Waals surface area (Å²) in [6, 6.07) is 0. The van der Waals surface area contributed by atoms with E-state index in [-0.39, 0.29) is 12.0 Å². The van der Waals surface area contributed by atoms with Crippen LogP contribution < -0.4 is 0 Å². The van der Waals surface area contributed by atoms with Gasteiger partial charge >= 0.3 is 0 Å². The predicted molar refractivity (Wildman–Crippen MR) is 62.9 cm³/mol. The molecule has 0 atom stereocenters. The number of nitrogens with zero attached hydrogens (tertiary/aromatic N) is 1. The monoisotopic (exact) mass is 225 g/mol. The predicted octanol–water partition coefficient (Wildman–Crippen LogP) is 1.65. The normalized spacial score (nSPS) is 31.6. The molecule has 1 N–H and O–H groups in total. The first-order valence-corrected chi connectivity index (χ1v) is 6.54. The number of carbonyl (C=O) groups excluding carboxylic acids is 1. The Hall–Kier alpha value is -0.570. The molecule has 1 aliphatic heterocycles. The Morgan fingerprint density at radius 2 is 1.75 bits per heavy atom. The second-order valence-corrected chi connectivity index (χ2v) is 5.75. The molecule has 0 bridgehead atoms. The molecule has 1 saturated carbocycles. The molecule has 1 aliphatic carbocycles. The third-order valence-electron chi connectivity index (χ3n) is 4.21. The molecule has 0 spiro atoms. The molecule has 2 aliphatic rings. The quantitative estimate of drug-likeness (QED) is 0.776. The summed E-state index contributed by atoms with van der Waals surface area (Å²) in [4.78, 5) is 14.1. The number of aliphatic hydroxyl groups excluding tert-OH is 1. The van der Waals surface area contributed by atoms with Gasteiger partial charge in [0, 0.05) is 19.0 Å². The van der Waals surface area contributed by atoms with Gasteiger partial charge in [-0.1, -0.05) is 13.8 Å². The number of carbonyl (C=O) groups is 1. The van der Waals surface area contributed by atoms with Crippen LogP contribution in [-0.2, 0) is 4.79 Å². The summed E-state index contributed by atoms with van der Waals surface area (Å²) in [5.41, 5.74) is 0. The van der Waals surface area contributed by atoms with Gasteiger partial charge in [-0.05, 0) is 37.5 Å². The van der Waals surface area contributed by atoms with Crippen LogP contribution in [0.15, 0.2) is 0 Å². The van der Waals surface area contributed by atoms with Gasteiger partial charge in [-0.3, -0.25) is 4.79 Å². The molecule has 2 fully saturated rings. The Balaban J connectivity index is 1.77. The van der Waals surface area contributed by atoms with E-state index in [4.69, 9.17) is 0 Å². The molecule has 2 rings (SSSR count). The van der Waals surface area contributed by atoms with Crippen LogP contribution >= 0.6 is 0 Å². The third-order valence-corrected chi connectivity index (χ3v) is 4.21. The van der Waals surface area contributed by atoms with Gasteiger partial charge in [0.15, 0.2) is 0 Å². The van der Waals surface area contributed by atoms with Crippen molar-refractivity contribution in [3.8, 4) is 0 Å². The van der Waals surface area contributed by atoms with Crippen LogP contribution in [0.1, 0.15) is 39.5 Å². The largest absolute Gasteiger partial charge is 0.393 e. The summed E-state index contributed by atoms with van der Waals surface area (Å²) >= 11 is 0. The van der Waals surface area contributed by atoms with E-state index in [0.717, 1.165) is 38.8 Å². The summed E-state index contributed by atoms with van der Waals surface area (Å²) in [5, 5.41) is 9.41. The van der Waals surface area contributed by atoms with Crippen molar-refractivity contribution in [3.05, 3.63) is 0 Å². The molecule has 0 radical (unpaired) electrons. The lowest BCUT2D eigenvalue weighted by Gasteiger charge is -2.43. The van der Waals surface area contributed by atoms with Crippen LogP contribution in [0, 0.1) is 17.8 Å². The maximum Gasteiger partial charge on any atom is 0.225 e. The van der Waals surface area contributed by atoms with Gasteiger partial charge in [-0.25, -0.2) is 0 Å². The second kappa shape index (κ2) is 4.74. The van der Waals surface area contributed by atoms with Crippen molar-refractivity contribution in [3.63, 3.8) is 0 Å². The highest BCUT2D eigenvalue weighted by molar-refractivity contribution is 5.79. The Bertz CT molecular complexity index is 251. The number of amides is 1. The number of aliphatic hydroxyl groups is 1. The molecular weight excluding hydrogens is 202 g/mol. The van der Waals surface area contributed by atoms with Gasteiger partial charge in [-0.15, -0.1) is 0 Å². The fourth-order valence-electron chi connectivity index (χ4n) is 2.70. The lowest BCUT2D eigenvalue weighted by atomic mass is 9.83. The number of likely N-dealkylation sites (tertiary alicyclic amines) is 1. The van der Waals surface area contributed by atoms with Gasteiger partial charge in [0.1, 0.15) is 0 Å². The van der Waals surface area contributed by atoms with E-state index in [0.29, 0.717) is 17.7 Å². The fraction of sp³-hybridized carbons (Fsp3) is 0.923. The van der Waals surface area contributed by atoms with Crippen molar-refractivity contribution in [2.45, 2.75) is 45.6 Å². The van der Waals surface area contributed by atoms with Gasteiger partial charge < -0.3 is 10.0 Å². The van der Waals surface area contributed by atoms with E-state index < -0.39 is 0 Å². The molecule has 1 heterocycles. The van der Waals surface area contributed by atoms with E-state index in [1.807, 2.05) is 4.90 Å². The van der Waals surface area contributed by atoms with Gasteiger partial charge in [0.2, 0.25) is 5.91 Å². The number of hydrogen-bond acceptors (Lipinski definition) is 2. The summed E-state index contributed by atoms with van der Waals surface area (Å²) < 4.78 is 0. The Morgan fingerprint density at radius 1 is 1.19 bits per heavy atom. The molecule has 1 amide bonds. The van der Waals surface area contributed by atoms with Gasteiger partial charge in [-0.2, -0.15) is 0 Å². The van der Waals surface area contributed by atoms with Crippen molar-refractivity contribution in [2.75, 3.05) is 13.1 Å². The van der Waals surface area contributed by atoms with E-state index in [1.165, 1.54) is 0 Å². The lowest BCUT2D eigenvalue weighted by molar-refractivity contribution is -0.144. The zero-order chi connectivity index (χ0) is 11.7. The highest BCUT2D eigenvalue weighted by Crippen LogP contribution is 2.30. The van der Waals surface area contributed by atoms with Crippen LogP contribution in [0.2, 0.25) is 0 Å². The molecule has 3 nitrogen and oxygen atoms in total. The minimum absolute atomic E-state index is 0.163. The highest BCUT2D eigenvalue weighted by atomic mass is 16.3. The van der Waals surface area contributed by atoms with E-state index >= 15 is 0 Å². The summed E-state index contributed by atoms with van der Waals surface area (Å²) in [7, 11) is 0. The smallest absolute Gasteiger partial charge is 0.225 e. The van der Waals surface area contributed by atoms with Gasteiger partial charge in [0.05, 0.1) is 6.10 Å². The van der Waals surface area contributed by atoms with E-state index in [9.17, 15) is 9.90 Å². The molecule has 16 heavy (non-hydrogen) atoms. The van der Waals surface area contributed by atoms with Crippen LogP contribution in [0.5, 0.6) is 0 Å². The Labute approximate surface area is 97.8 Å². The zero-order valence-electron chi connectivity index (χ0n) is 10.4. The zero-order valence-corrected chi connectivity index (χ0v) is 10.4. The molecule has 3 heteroatoms. The van der Waals surface area contributed by atoms with Gasteiger partial charge in [0.25, 0.3) is 0 Å². The first-order valence-electron chi connectivity index (χ1n) is 6.54. The highest BCUT2D eigenvalue weighted by Gasteiger charge is 2.36. The topological polar surface area (TPSA) is 40.5 Å². The summed E-state index contributed by atoms with van der Waals surface area (Å²) in [6.45, 7) is 6.36.